The van der Waals surface area contributed by atoms with E-state index in [1.807, 2.05) is 0 Å². The lowest BCUT2D eigenvalue weighted by atomic mass is 10.0. The van der Waals surface area contributed by atoms with Crippen LogP contribution in [0.3, 0.4) is 0 Å². The normalized spacial score (nSPS) is 38.8. The summed E-state index contributed by atoms with van der Waals surface area (Å²) in [4.78, 5) is 2.79. The average molecular weight is 219 g/mol. The highest BCUT2D eigenvalue weighted by Crippen LogP contribution is 2.40. The first-order chi connectivity index (χ1) is 7.95. The van der Waals surface area contributed by atoms with Crippen LogP contribution in [-0.4, -0.2) is 17.5 Å². The van der Waals surface area contributed by atoms with Crippen molar-refractivity contribution in [3.8, 4) is 0 Å². The summed E-state index contributed by atoms with van der Waals surface area (Å²) < 4.78 is 0. The lowest BCUT2D eigenvalue weighted by Crippen LogP contribution is -2.29. The quantitative estimate of drug-likeness (QED) is 0.642. The zero-order chi connectivity index (χ0) is 10.8. The van der Waals surface area contributed by atoms with Crippen LogP contribution in [0.25, 0.3) is 0 Å². The summed E-state index contributed by atoms with van der Waals surface area (Å²) in [5.74, 6) is 1.05. The van der Waals surface area contributed by atoms with Gasteiger partial charge in [0.2, 0.25) is 0 Å². The Hall–Kier alpha value is -0.460. The van der Waals surface area contributed by atoms with Gasteiger partial charge in [0.25, 0.3) is 0 Å². The van der Waals surface area contributed by atoms with Crippen LogP contribution in [0.15, 0.2) is 11.8 Å². The molecule has 2 fully saturated rings. The van der Waals surface area contributed by atoms with Gasteiger partial charge in [-0.2, -0.15) is 0 Å². The molecule has 0 aromatic rings. The molecule has 0 N–H and O–H groups in total. The second kappa shape index (κ2) is 4.81. The summed E-state index contributed by atoms with van der Waals surface area (Å²) in [6.07, 6.45) is 17.0. The Morgan fingerprint density at radius 1 is 0.938 bits per heavy atom. The molecule has 2 atom stereocenters. The van der Waals surface area contributed by atoms with Gasteiger partial charge in [-0.05, 0) is 50.9 Å². The third kappa shape index (κ3) is 2.01. The van der Waals surface area contributed by atoms with Crippen LogP contribution < -0.4 is 0 Å². The minimum Gasteiger partial charge on any atom is -0.372 e. The van der Waals surface area contributed by atoms with Crippen LogP contribution in [0.5, 0.6) is 0 Å². The molecule has 1 heteroatoms. The maximum Gasteiger partial charge on any atom is 0.0315 e. The highest BCUT2D eigenvalue weighted by Gasteiger charge is 2.37. The fourth-order valence-electron chi connectivity index (χ4n) is 4.03. The fourth-order valence-corrected chi connectivity index (χ4v) is 4.03. The van der Waals surface area contributed by atoms with E-state index in [0.717, 1.165) is 12.0 Å². The fraction of sp³-hybridized carbons (Fsp3) is 0.867. The summed E-state index contributed by atoms with van der Waals surface area (Å²) in [7, 11) is 0. The van der Waals surface area contributed by atoms with Crippen LogP contribution in [0, 0.1) is 5.92 Å². The monoisotopic (exact) mass is 219 g/mol. The van der Waals surface area contributed by atoms with E-state index in [-0.39, 0.29) is 0 Å². The summed E-state index contributed by atoms with van der Waals surface area (Å²) in [5, 5.41) is 0. The van der Waals surface area contributed by atoms with Gasteiger partial charge < -0.3 is 4.90 Å². The maximum atomic E-state index is 2.79. The number of fused-ring (bicyclic) bond motifs is 1. The molecule has 0 unspecified atom stereocenters. The van der Waals surface area contributed by atoms with Gasteiger partial charge in [0, 0.05) is 18.3 Å². The highest BCUT2D eigenvalue weighted by molar-refractivity contribution is 5.09. The number of allylic oxidation sites excluding steroid dienone is 2. The predicted octanol–water partition coefficient (Wildman–Crippen LogP) is 4.10. The summed E-state index contributed by atoms with van der Waals surface area (Å²) in [5.41, 5.74) is 1.72. The molecule has 1 heterocycles. The molecule has 2 aliphatic carbocycles. The summed E-state index contributed by atoms with van der Waals surface area (Å²) >= 11 is 0. The van der Waals surface area contributed by atoms with Gasteiger partial charge in [-0.3, -0.25) is 0 Å². The van der Waals surface area contributed by atoms with E-state index in [9.17, 15) is 0 Å². The number of hydrogen-bond acceptors (Lipinski definition) is 1. The second-order valence-corrected chi connectivity index (χ2v) is 5.89. The summed E-state index contributed by atoms with van der Waals surface area (Å²) in [6.45, 7) is 1.36. The van der Waals surface area contributed by atoms with Crippen LogP contribution in [0.4, 0.5) is 0 Å². The minimum absolute atomic E-state index is 0.936. The van der Waals surface area contributed by atoms with Crippen molar-refractivity contribution in [3.05, 3.63) is 11.8 Å². The molecule has 1 saturated carbocycles. The van der Waals surface area contributed by atoms with Crippen molar-refractivity contribution in [3.63, 3.8) is 0 Å². The Morgan fingerprint density at radius 2 is 1.88 bits per heavy atom. The molecule has 0 amide bonds. The predicted molar refractivity (Wildman–Crippen MR) is 68.2 cm³/mol. The van der Waals surface area contributed by atoms with Gasteiger partial charge in [-0.1, -0.05) is 25.3 Å². The smallest absolute Gasteiger partial charge is 0.0315 e. The topological polar surface area (TPSA) is 3.24 Å². The van der Waals surface area contributed by atoms with Crippen LogP contribution in [0.2, 0.25) is 0 Å². The molecule has 1 aliphatic heterocycles. The van der Waals surface area contributed by atoms with Crippen molar-refractivity contribution in [2.24, 2.45) is 5.92 Å². The maximum absolute atomic E-state index is 2.79. The molecule has 0 aromatic carbocycles. The van der Waals surface area contributed by atoms with E-state index in [1.165, 1.54) is 70.8 Å². The molecule has 1 saturated heterocycles. The van der Waals surface area contributed by atoms with E-state index in [2.05, 4.69) is 11.0 Å². The van der Waals surface area contributed by atoms with E-state index in [0.29, 0.717) is 0 Å². The third-order valence-electron chi connectivity index (χ3n) is 4.90. The Balaban J connectivity index is 1.70. The number of nitrogens with zero attached hydrogens (tertiary/aromatic N) is 1. The number of rotatable bonds is 1. The minimum atomic E-state index is 0.936. The zero-order valence-corrected chi connectivity index (χ0v) is 10.5. The Labute approximate surface area is 99.9 Å². The lowest BCUT2D eigenvalue weighted by molar-refractivity contribution is 0.288. The first-order valence-electron chi connectivity index (χ1n) is 7.41. The van der Waals surface area contributed by atoms with Crippen LogP contribution in [-0.2, 0) is 0 Å². The van der Waals surface area contributed by atoms with E-state index in [1.54, 1.807) is 5.70 Å². The van der Waals surface area contributed by atoms with Gasteiger partial charge in [0.15, 0.2) is 0 Å². The van der Waals surface area contributed by atoms with Crippen LogP contribution >= 0.6 is 0 Å². The van der Waals surface area contributed by atoms with Crippen molar-refractivity contribution in [2.45, 2.75) is 70.3 Å². The first-order valence-corrected chi connectivity index (χ1v) is 7.41. The van der Waals surface area contributed by atoms with E-state index >= 15 is 0 Å². The van der Waals surface area contributed by atoms with Gasteiger partial charge >= 0.3 is 0 Å². The Morgan fingerprint density at radius 3 is 2.88 bits per heavy atom. The molecular weight excluding hydrogens is 194 g/mol. The van der Waals surface area contributed by atoms with Gasteiger partial charge in [-0.15, -0.1) is 0 Å². The molecule has 3 rings (SSSR count). The summed E-state index contributed by atoms with van der Waals surface area (Å²) in [6, 6.07) is 0.936. The van der Waals surface area contributed by atoms with Crippen molar-refractivity contribution in [2.75, 3.05) is 6.54 Å². The Kier molecular flexibility index (Phi) is 3.21. The van der Waals surface area contributed by atoms with E-state index in [4.69, 9.17) is 0 Å². The zero-order valence-electron chi connectivity index (χ0n) is 10.5. The van der Waals surface area contributed by atoms with Crippen molar-refractivity contribution < 1.29 is 0 Å². The Bertz CT molecular complexity index is 269. The molecule has 90 valence electrons. The van der Waals surface area contributed by atoms with Crippen molar-refractivity contribution in [1.29, 1.82) is 0 Å². The molecule has 0 bridgehead atoms. The SMILES string of the molecule is C1=C(/N2CC[C@H]3CCC[C@H]32)CCCCCC/1. The molecule has 3 aliphatic rings. The molecule has 0 radical (unpaired) electrons. The molecular formula is C15H25N. The third-order valence-corrected chi connectivity index (χ3v) is 4.90. The van der Waals surface area contributed by atoms with Crippen LogP contribution in [0.1, 0.15) is 64.2 Å². The highest BCUT2D eigenvalue weighted by atomic mass is 15.2. The molecule has 1 nitrogen and oxygen atoms in total. The van der Waals surface area contributed by atoms with E-state index < -0.39 is 0 Å². The molecule has 0 aromatic heterocycles. The van der Waals surface area contributed by atoms with Crippen molar-refractivity contribution >= 4 is 0 Å². The standard InChI is InChI=1S/C15H25N/c1-2-4-8-14(9-5-3-1)16-12-11-13-7-6-10-15(13)16/h8,13,15H,1-7,9-12H2/b14-8+/t13-,15-/m1/s1. The van der Waals surface area contributed by atoms with Gasteiger partial charge in [-0.25, -0.2) is 0 Å². The largest absolute Gasteiger partial charge is 0.372 e. The number of likely N-dealkylation sites (tertiary alicyclic amines) is 1. The number of hydrogen-bond donors (Lipinski definition) is 0. The van der Waals surface area contributed by atoms with Crippen molar-refractivity contribution in [1.82, 2.24) is 4.90 Å². The molecule has 0 spiro atoms. The molecule has 16 heavy (non-hydrogen) atoms. The van der Waals surface area contributed by atoms with Gasteiger partial charge in [0.1, 0.15) is 0 Å². The second-order valence-electron chi connectivity index (χ2n) is 5.89. The van der Waals surface area contributed by atoms with Gasteiger partial charge in [0.05, 0.1) is 0 Å². The lowest BCUT2D eigenvalue weighted by Gasteiger charge is -2.30. The first kappa shape index (κ1) is 10.7. The average Bonchev–Trinajstić information content (AvgIpc) is 2.79.